The first kappa shape index (κ1) is 11.9. The van der Waals surface area contributed by atoms with Crippen LogP contribution in [0.5, 0.6) is 0 Å². The molecule has 1 aliphatic rings. The van der Waals surface area contributed by atoms with E-state index in [1.165, 1.54) is 0 Å². The molecule has 0 aromatic carbocycles. The molecule has 14 heavy (non-hydrogen) atoms. The summed E-state index contributed by atoms with van der Waals surface area (Å²) in [5, 5.41) is 36.7. The predicted octanol–water partition coefficient (Wildman–Crippen LogP) is -1.99. The van der Waals surface area contributed by atoms with E-state index in [-0.39, 0.29) is 6.61 Å². The van der Waals surface area contributed by atoms with E-state index < -0.39 is 39.4 Å². The lowest BCUT2D eigenvalue weighted by Crippen LogP contribution is -2.58. The van der Waals surface area contributed by atoms with Crippen molar-refractivity contribution in [2.24, 2.45) is 0 Å². The number of ether oxygens (including phenoxy) is 1. The minimum Gasteiger partial charge on any atom is -0.387 e. The van der Waals surface area contributed by atoms with Gasteiger partial charge in [-0.3, -0.25) is 4.52 Å². The maximum atomic E-state index is 9.94. The standard InChI is InChI=1S/C6H11O7P/c7-3-2(1-12-14-11)13-6(10)5(9)4(3)8/h2-10H,1H2/t2?,3-,4+,5?,6+/m1/s1. The van der Waals surface area contributed by atoms with E-state index in [4.69, 9.17) is 14.9 Å². The number of aliphatic hydroxyl groups excluding tert-OH is 4. The highest BCUT2D eigenvalue weighted by atomic mass is 31.1. The first-order valence-corrected chi connectivity index (χ1v) is 4.63. The Kier molecular flexibility index (Phi) is 4.33. The van der Waals surface area contributed by atoms with Crippen LogP contribution in [0.3, 0.4) is 0 Å². The van der Waals surface area contributed by atoms with Crippen LogP contribution in [0, 0.1) is 0 Å². The molecule has 1 saturated heterocycles. The Hall–Kier alpha value is -0.140. The van der Waals surface area contributed by atoms with Crippen LogP contribution in [0.25, 0.3) is 0 Å². The summed E-state index contributed by atoms with van der Waals surface area (Å²) < 4.78 is 19.1. The van der Waals surface area contributed by atoms with Gasteiger partial charge in [0, 0.05) is 0 Å². The Morgan fingerprint density at radius 1 is 1.14 bits per heavy atom. The first-order chi connectivity index (χ1) is 6.57. The van der Waals surface area contributed by atoms with E-state index in [1.807, 2.05) is 0 Å². The molecule has 2 unspecified atom stereocenters. The number of hydrogen-bond acceptors (Lipinski definition) is 7. The van der Waals surface area contributed by atoms with E-state index in [0.717, 1.165) is 0 Å². The first-order valence-electron chi connectivity index (χ1n) is 3.90. The molecule has 1 fully saturated rings. The van der Waals surface area contributed by atoms with Crippen LogP contribution in [-0.2, 0) is 13.8 Å². The molecular weight excluding hydrogens is 215 g/mol. The molecule has 1 heterocycles. The van der Waals surface area contributed by atoms with Crippen LogP contribution < -0.4 is 0 Å². The third-order valence-electron chi connectivity index (χ3n) is 1.98. The van der Waals surface area contributed by atoms with Crippen LogP contribution in [0.1, 0.15) is 0 Å². The van der Waals surface area contributed by atoms with Gasteiger partial charge in [-0.15, -0.1) is 0 Å². The zero-order valence-electron chi connectivity index (χ0n) is 7.05. The van der Waals surface area contributed by atoms with Crippen molar-refractivity contribution >= 4 is 8.69 Å². The largest absolute Gasteiger partial charge is 0.387 e. The van der Waals surface area contributed by atoms with Gasteiger partial charge in [-0.05, 0) is 0 Å². The normalized spacial score (nSPS) is 44.1. The SMILES string of the molecule is O=POCC1O[C@H](O)C(O)[C@@H](O)[C@@H]1O. The van der Waals surface area contributed by atoms with Crippen molar-refractivity contribution in [2.75, 3.05) is 6.61 Å². The van der Waals surface area contributed by atoms with Gasteiger partial charge in [0.25, 0.3) is 0 Å². The molecular formula is C6H11O7P. The van der Waals surface area contributed by atoms with Gasteiger partial charge in [-0.2, -0.15) is 0 Å². The number of rotatable bonds is 3. The van der Waals surface area contributed by atoms with Crippen LogP contribution >= 0.6 is 8.69 Å². The van der Waals surface area contributed by atoms with Gasteiger partial charge in [-0.1, -0.05) is 0 Å². The van der Waals surface area contributed by atoms with Gasteiger partial charge in [-0.25, -0.2) is 4.57 Å². The molecule has 0 radical (unpaired) electrons. The lowest BCUT2D eigenvalue weighted by Gasteiger charge is -2.37. The fourth-order valence-corrected chi connectivity index (χ4v) is 1.38. The molecule has 0 spiro atoms. The lowest BCUT2D eigenvalue weighted by molar-refractivity contribution is -0.285. The van der Waals surface area contributed by atoms with Gasteiger partial charge in [0.05, 0.1) is 6.61 Å². The maximum absolute atomic E-state index is 9.94. The Labute approximate surface area is 81.2 Å². The van der Waals surface area contributed by atoms with E-state index in [2.05, 4.69) is 4.52 Å². The van der Waals surface area contributed by atoms with Crippen molar-refractivity contribution in [1.82, 2.24) is 0 Å². The van der Waals surface area contributed by atoms with Crippen LogP contribution in [0.2, 0.25) is 0 Å². The zero-order chi connectivity index (χ0) is 10.7. The Bertz CT molecular complexity index is 201. The summed E-state index contributed by atoms with van der Waals surface area (Å²) in [6, 6.07) is 0. The second-order valence-electron chi connectivity index (χ2n) is 2.91. The summed E-state index contributed by atoms with van der Waals surface area (Å²) in [5.41, 5.74) is 0. The highest BCUT2D eigenvalue weighted by Gasteiger charge is 2.42. The Morgan fingerprint density at radius 3 is 2.36 bits per heavy atom. The fourth-order valence-electron chi connectivity index (χ4n) is 1.17. The van der Waals surface area contributed by atoms with Crippen molar-refractivity contribution in [2.45, 2.75) is 30.7 Å². The van der Waals surface area contributed by atoms with Gasteiger partial charge in [0.1, 0.15) is 24.4 Å². The molecule has 0 aliphatic carbocycles. The molecule has 1 rings (SSSR count). The van der Waals surface area contributed by atoms with E-state index in [0.29, 0.717) is 0 Å². The molecule has 0 amide bonds. The van der Waals surface area contributed by atoms with Crippen molar-refractivity contribution < 1.29 is 34.3 Å². The second kappa shape index (κ2) is 5.09. The van der Waals surface area contributed by atoms with Crippen molar-refractivity contribution in [3.63, 3.8) is 0 Å². The van der Waals surface area contributed by atoms with Gasteiger partial charge >= 0.3 is 8.69 Å². The van der Waals surface area contributed by atoms with E-state index in [9.17, 15) is 14.8 Å². The summed E-state index contributed by atoms with van der Waals surface area (Å²) in [7, 11) is -0.592. The highest BCUT2D eigenvalue weighted by Crippen LogP contribution is 2.20. The quantitative estimate of drug-likeness (QED) is 0.411. The Morgan fingerprint density at radius 2 is 1.79 bits per heavy atom. The van der Waals surface area contributed by atoms with Gasteiger partial charge < -0.3 is 25.2 Å². The number of aliphatic hydroxyl groups is 4. The zero-order valence-corrected chi connectivity index (χ0v) is 7.95. The van der Waals surface area contributed by atoms with E-state index in [1.54, 1.807) is 0 Å². The molecule has 0 bridgehead atoms. The average molecular weight is 226 g/mol. The van der Waals surface area contributed by atoms with Crippen LogP contribution in [0.15, 0.2) is 0 Å². The van der Waals surface area contributed by atoms with Gasteiger partial charge in [0.2, 0.25) is 0 Å². The average Bonchev–Trinajstić information content (AvgIpc) is 2.18. The molecule has 7 nitrogen and oxygen atoms in total. The van der Waals surface area contributed by atoms with Crippen LogP contribution in [0.4, 0.5) is 0 Å². The maximum Gasteiger partial charge on any atom is 0.327 e. The van der Waals surface area contributed by atoms with E-state index >= 15 is 0 Å². The fraction of sp³-hybridized carbons (Fsp3) is 1.00. The summed E-state index contributed by atoms with van der Waals surface area (Å²) >= 11 is 0. The molecule has 0 saturated carbocycles. The summed E-state index contributed by atoms with van der Waals surface area (Å²) in [5.74, 6) is 0. The Balaban J connectivity index is 2.55. The van der Waals surface area contributed by atoms with Crippen molar-refractivity contribution in [3.8, 4) is 0 Å². The molecule has 4 N–H and O–H groups in total. The van der Waals surface area contributed by atoms with Crippen molar-refractivity contribution in [1.29, 1.82) is 0 Å². The monoisotopic (exact) mass is 226 g/mol. The molecule has 0 aromatic heterocycles. The smallest absolute Gasteiger partial charge is 0.327 e. The van der Waals surface area contributed by atoms with Gasteiger partial charge in [0.15, 0.2) is 6.29 Å². The third kappa shape index (κ3) is 2.46. The topological polar surface area (TPSA) is 116 Å². The number of hydrogen-bond donors (Lipinski definition) is 4. The minimum atomic E-state index is -1.59. The summed E-state index contributed by atoms with van der Waals surface area (Å²) in [6.07, 6.45) is -7.09. The predicted molar refractivity (Wildman–Crippen MR) is 42.5 cm³/mol. The molecule has 0 aromatic rings. The minimum absolute atomic E-state index is 0.257. The molecule has 8 heteroatoms. The molecule has 82 valence electrons. The third-order valence-corrected chi connectivity index (χ3v) is 2.23. The van der Waals surface area contributed by atoms with Crippen molar-refractivity contribution in [3.05, 3.63) is 0 Å². The van der Waals surface area contributed by atoms with Crippen LogP contribution in [-0.4, -0.2) is 57.7 Å². The summed E-state index contributed by atoms with van der Waals surface area (Å²) in [6.45, 7) is -0.257. The molecule has 5 atom stereocenters. The molecule has 1 aliphatic heterocycles. The highest BCUT2D eigenvalue weighted by molar-refractivity contribution is 7.17. The lowest BCUT2D eigenvalue weighted by atomic mass is 10.00. The second-order valence-corrected chi connectivity index (χ2v) is 3.31. The summed E-state index contributed by atoms with van der Waals surface area (Å²) in [4.78, 5) is 0.